The fourth-order valence-corrected chi connectivity index (χ4v) is 4.51. The van der Waals surface area contributed by atoms with Crippen LogP contribution < -0.4 is 19.7 Å². The molecule has 0 radical (unpaired) electrons. The largest absolute Gasteiger partial charge is 0.493 e. The lowest BCUT2D eigenvalue weighted by molar-refractivity contribution is 0.0389. The quantitative estimate of drug-likeness (QED) is 0.201. The smallest absolute Gasteiger partial charge is 0.197 e. The van der Waals surface area contributed by atoms with Crippen molar-refractivity contribution in [3.8, 4) is 28.5 Å². The Hall–Kier alpha value is -3.57. The van der Waals surface area contributed by atoms with Crippen LogP contribution in [-0.4, -0.2) is 52.6 Å². The lowest BCUT2D eigenvalue weighted by atomic mass is 9.87. The number of hydrogen-bond acceptors (Lipinski definition) is 9. The van der Waals surface area contributed by atoms with Gasteiger partial charge < -0.3 is 29.6 Å². The van der Waals surface area contributed by atoms with Gasteiger partial charge in [-0.1, -0.05) is 29.8 Å². The van der Waals surface area contributed by atoms with Gasteiger partial charge >= 0.3 is 0 Å². The van der Waals surface area contributed by atoms with Gasteiger partial charge in [-0.25, -0.2) is 9.37 Å². The Balaban J connectivity index is 1.62. The Morgan fingerprint density at radius 1 is 1.27 bits per heavy atom. The first-order valence-corrected chi connectivity index (χ1v) is 13.0. The van der Waals surface area contributed by atoms with Gasteiger partial charge in [-0.15, -0.1) is 0 Å². The molecular weight excluding hydrogens is 519 g/mol. The van der Waals surface area contributed by atoms with E-state index in [2.05, 4.69) is 5.48 Å². The SMILES string of the molecule is COc1cc(C(=O)CCC(C)(O)c2cc3c(c(-c4ccc(C)cc4)n2)OCC3(C)NO)cc(F)c1OCC(C)O. The summed E-state index contributed by atoms with van der Waals surface area (Å²) in [5, 5.41) is 30.8. The van der Waals surface area contributed by atoms with Crippen molar-refractivity contribution in [2.75, 3.05) is 20.3 Å². The van der Waals surface area contributed by atoms with Crippen molar-refractivity contribution in [1.29, 1.82) is 0 Å². The highest BCUT2D eigenvalue weighted by Gasteiger charge is 2.40. The second kappa shape index (κ2) is 11.5. The molecule has 0 saturated heterocycles. The number of carbonyl (C=O) groups excluding carboxylic acids is 1. The monoisotopic (exact) mass is 554 g/mol. The number of pyridine rings is 1. The van der Waals surface area contributed by atoms with Gasteiger partial charge in [0.15, 0.2) is 28.8 Å². The Kier molecular flexibility index (Phi) is 8.46. The van der Waals surface area contributed by atoms with Crippen molar-refractivity contribution >= 4 is 5.78 Å². The summed E-state index contributed by atoms with van der Waals surface area (Å²) in [6.07, 6.45) is -0.947. The summed E-state index contributed by atoms with van der Waals surface area (Å²) in [6, 6.07) is 11.8. The predicted octanol–water partition coefficient (Wildman–Crippen LogP) is 4.42. The van der Waals surface area contributed by atoms with Crippen LogP contribution in [0.25, 0.3) is 11.3 Å². The molecule has 4 rings (SSSR count). The zero-order valence-corrected chi connectivity index (χ0v) is 23.2. The van der Waals surface area contributed by atoms with E-state index in [0.29, 0.717) is 22.7 Å². The second-order valence-corrected chi connectivity index (χ2v) is 10.7. The Bertz CT molecular complexity index is 1390. The van der Waals surface area contributed by atoms with Crippen molar-refractivity contribution in [3.05, 3.63) is 70.7 Å². The maximum atomic E-state index is 14.8. The van der Waals surface area contributed by atoms with E-state index in [1.165, 1.54) is 20.1 Å². The van der Waals surface area contributed by atoms with Gasteiger partial charge in [-0.2, -0.15) is 5.48 Å². The van der Waals surface area contributed by atoms with Gasteiger partial charge in [-0.05, 0) is 52.3 Å². The minimum absolute atomic E-state index is 0.0146. The van der Waals surface area contributed by atoms with Crippen LogP contribution in [0.3, 0.4) is 0 Å². The van der Waals surface area contributed by atoms with E-state index in [0.717, 1.165) is 17.2 Å². The molecule has 1 aliphatic rings. The maximum absolute atomic E-state index is 14.8. The molecule has 0 spiro atoms. The van der Waals surface area contributed by atoms with Crippen molar-refractivity contribution < 1.29 is 38.8 Å². The number of hydrogen-bond donors (Lipinski definition) is 4. The van der Waals surface area contributed by atoms with E-state index >= 15 is 0 Å². The van der Waals surface area contributed by atoms with E-state index in [9.17, 15) is 24.6 Å². The van der Waals surface area contributed by atoms with E-state index in [4.69, 9.17) is 19.2 Å². The number of rotatable bonds is 11. The fraction of sp³-hybridized carbons (Fsp3) is 0.400. The van der Waals surface area contributed by atoms with Crippen LogP contribution in [0.2, 0.25) is 0 Å². The first-order valence-electron chi connectivity index (χ1n) is 13.0. The number of aliphatic hydroxyl groups is 2. The molecule has 40 heavy (non-hydrogen) atoms. The summed E-state index contributed by atoms with van der Waals surface area (Å²) in [7, 11) is 1.33. The van der Waals surface area contributed by atoms with Crippen LogP contribution in [0.5, 0.6) is 17.2 Å². The molecule has 3 unspecified atom stereocenters. The minimum Gasteiger partial charge on any atom is -0.493 e. The van der Waals surface area contributed by atoms with Crippen molar-refractivity contribution in [1.82, 2.24) is 10.5 Å². The number of methoxy groups -OCH3 is 1. The molecule has 4 N–H and O–H groups in total. The normalized spacial score (nSPS) is 18.4. The molecule has 3 atom stereocenters. The number of aryl methyl sites for hydroxylation is 1. The van der Waals surface area contributed by atoms with Crippen LogP contribution in [0.15, 0.2) is 42.5 Å². The van der Waals surface area contributed by atoms with Crippen LogP contribution in [0, 0.1) is 12.7 Å². The highest BCUT2D eigenvalue weighted by molar-refractivity contribution is 5.96. The number of halogens is 1. The average Bonchev–Trinajstić information content (AvgIpc) is 3.27. The number of nitrogens with one attached hydrogen (secondary N) is 1. The number of nitrogens with zero attached hydrogens (tertiary/aromatic N) is 1. The number of fused-ring (bicyclic) bond motifs is 1. The number of benzene rings is 2. The number of carbonyl (C=O) groups is 1. The fourth-order valence-electron chi connectivity index (χ4n) is 4.51. The summed E-state index contributed by atoms with van der Waals surface area (Å²) >= 11 is 0. The first kappa shape index (κ1) is 29.4. The average molecular weight is 555 g/mol. The third-order valence-corrected chi connectivity index (χ3v) is 7.06. The minimum atomic E-state index is -1.55. The molecule has 1 aromatic heterocycles. The van der Waals surface area contributed by atoms with Crippen LogP contribution in [-0.2, 0) is 11.1 Å². The topological polar surface area (TPSA) is 130 Å². The van der Waals surface area contributed by atoms with Gasteiger partial charge in [0.05, 0.1) is 18.9 Å². The van der Waals surface area contributed by atoms with E-state index < -0.39 is 28.8 Å². The number of Topliss-reactive ketones (excluding diaryl/α,β-unsaturated/α-hetero) is 1. The van der Waals surface area contributed by atoms with Crippen molar-refractivity contribution in [2.24, 2.45) is 0 Å². The number of aromatic nitrogens is 1. The van der Waals surface area contributed by atoms with Crippen LogP contribution in [0.1, 0.15) is 60.8 Å². The third kappa shape index (κ3) is 5.95. The zero-order chi connectivity index (χ0) is 29.2. The summed E-state index contributed by atoms with van der Waals surface area (Å²) in [5.41, 5.74) is 3.17. The van der Waals surface area contributed by atoms with Gasteiger partial charge in [-0.3, -0.25) is 4.79 Å². The molecule has 2 heterocycles. The summed E-state index contributed by atoms with van der Waals surface area (Å²) in [6.45, 7) is 6.83. The molecule has 0 saturated carbocycles. The standard InChI is InChI=1S/C30H35FN2O7/c1-17-6-8-19(9-7-17)26-27-21(29(3,33-37)16-40-27)14-25(32-26)30(4,36)11-10-23(35)20-12-22(31)28(24(13-20)38-5)39-15-18(2)34/h6-9,12-14,18,33-34,36-37H,10-11,15-16H2,1-5H3. The molecule has 0 amide bonds. The van der Waals surface area contributed by atoms with Gasteiger partial charge in [0.2, 0.25) is 0 Å². The van der Waals surface area contributed by atoms with E-state index in [1.54, 1.807) is 19.9 Å². The second-order valence-electron chi connectivity index (χ2n) is 10.7. The molecule has 0 aliphatic carbocycles. The van der Waals surface area contributed by atoms with E-state index in [1.807, 2.05) is 31.2 Å². The summed E-state index contributed by atoms with van der Waals surface area (Å²) < 4.78 is 31.2. The first-order chi connectivity index (χ1) is 18.9. The third-order valence-electron chi connectivity index (χ3n) is 7.06. The molecule has 214 valence electrons. The summed E-state index contributed by atoms with van der Waals surface area (Å²) in [4.78, 5) is 17.8. The Labute approximate surface area is 232 Å². The van der Waals surface area contributed by atoms with Gasteiger partial charge in [0.25, 0.3) is 0 Å². The molecule has 0 fully saturated rings. The number of aliphatic hydroxyl groups excluding tert-OH is 1. The van der Waals surface area contributed by atoms with E-state index in [-0.39, 0.29) is 43.1 Å². The number of hydroxylamine groups is 1. The lowest BCUT2D eigenvalue weighted by Gasteiger charge is -2.26. The lowest BCUT2D eigenvalue weighted by Crippen LogP contribution is -2.39. The number of ether oxygens (including phenoxy) is 3. The van der Waals surface area contributed by atoms with Gasteiger partial charge in [0.1, 0.15) is 30.0 Å². The number of ketones is 1. The highest BCUT2D eigenvalue weighted by Crippen LogP contribution is 2.45. The Morgan fingerprint density at radius 2 is 1.98 bits per heavy atom. The van der Waals surface area contributed by atoms with Crippen molar-refractivity contribution in [3.63, 3.8) is 0 Å². The van der Waals surface area contributed by atoms with Crippen LogP contribution >= 0.6 is 0 Å². The Morgan fingerprint density at radius 3 is 2.60 bits per heavy atom. The molecule has 9 nitrogen and oxygen atoms in total. The summed E-state index contributed by atoms with van der Waals surface area (Å²) in [5.74, 6) is -0.877. The molecule has 3 aromatic rings. The maximum Gasteiger partial charge on any atom is 0.197 e. The van der Waals surface area contributed by atoms with Gasteiger partial charge in [0, 0.05) is 23.1 Å². The molecular formula is C30H35FN2O7. The van der Waals surface area contributed by atoms with Crippen LogP contribution in [0.4, 0.5) is 4.39 Å². The molecule has 0 bridgehead atoms. The molecule has 1 aliphatic heterocycles. The highest BCUT2D eigenvalue weighted by atomic mass is 19.1. The zero-order valence-electron chi connectivity index (χ0n) is 23.2. The predicted molar refractivity (Wildman–Crippen MR) is 145 cm³/mol. The van der Waals surface area contributed by atoms with Crippen molar-refractivity contribution in [2.45, 2.75) is 57.8 Å². The molecule has 2 aromatic carbocycles. The molecule has 10 heteroatoms.